The number of nitrogens with one attached hydrogen (secondary N) is 2. The second-order valence-electron chi connectivity index (χ2n) is 8.87. The predicted octanol–water partition coefficient (Wildman–Crippen LogP) is 6.58. The lowest BCUT2D eigenvalue weighted by Gasteiger charge is -2.16. The molecule has 13 heteroatoms. The van der Waals surface area contributed by atoms with E-state index >= 15 is 0 Å². The molecule has 38 heavy (non-hydrogen) atoms. The lowest BCUT2D eigenvalue weighted by Crippen LogP contribution is -2.33. The summed E-state index contributed by atoms with van der Waals surface area (Å²) in [4.78, 5) is 32.9. The minimum Gasteiger partial charge on any atom is -0.354 e. The van der Waals surface area contributed by atoms with Gasteiger partial charge in [0.05, 0.1) is 46.4 Å². The largest absolute Gasteiger partial charge is 0.418 e. The monoisotopic (exact) mass is 556 g/mol. The minimum absolute atomic E-state index is 0.0189. The predicted molar refractivity (Wildman–Crippen MR) is 126 cm³/mol. The molecule has 1 aliphatic carbocycles. The molecule has 0 unspecified atom stereocenters. The van der Waals surface area contributed by atoms with Gasteiger partial charge in [-0.15, -0.1) is 0 Å². The molecule has 1 amide bonds. The summed E-state index contributed by atoms with van der Waals surface area (Å²) >= 11 is 5.69. The van der Waals surface area contributed by atoms with E-state index in [-0.39, 0.29) is 34.9 Å². The third-order valence-electron chi connectivity index (χ3n) is 6.04. The van der Waals surface area contributed by atoms with E-state index in [1.807, 2.05) is 0 Å². The molecule has 2 heterocycles. The molecule has 200 valence electrons. The highest BCUT2D eigenvalue weighted by Crippen LogP contribution is 2.50. The summed E-state index contributed by atoms with van der Waals surface area (Å²) in [7, 11) is 0. The maximum atomic E-state index is 13.3. The first-order valence-corrected chi connectivity index (χ1v) is 11.6. The van der Waals surface area contributed by atoms with Gasteiger partial charge in [0.25, 0.3) is 0 Å². The number of alkyl halides is 6. The Morgan fingerprint density at radius 3 is 2.29 bits per heavy atom. The van der Waals surface area contributed by atoms with Crippen molar-refractivity contribution in [3.63, 3.8) is 0 Å². The second-order valence-corrected chi connectivity index (χ2v) is 9.31. The molecule has 2 N–H and O–H groups in total. The van der Waals surface area contributed by atoms with Crippen molar-refractivity contribution in [2.45, 2.75) is 38.2 Å². The smallest absolute Gasteiger partial charge is 0.354 e. The number of pyridine rings is 2. The molecule has 0 aliphatic heterocycles. The van der Waals surface area contributed by atoms with E-state index in [2.05, 4.69) is 20.6 Å². The van der Waals surface area contributed by atoms with Gasteiger partial charge in [-0.2, -0.15) is 26.3 Å². The van der Waals surface area contributed by atoms with Crippen LogP contribution in [0.25, 0.3) is 0 Å². The molecule has 2 aromatic heterocycles. The van der Waals surface area contributed by atoms with Crippen LogP contribution in [-0.2, 0) is 23.7 Å². The van der Waals surface area contributed by atoms with Gasteiger partial charge in [-0.05, 0) is 49.2 Å². The van der Waals surface area contributed by atoms with Gasteiger partial charge in [0, 0.05) is 29.4 Å². The number of nitrogens with zero attached hydrogens (tertiary/aromatic N) is 2. The Morgan fingerprint density at radius 1 is 0.947 bits per heavy atom. The topological polar surface area (TPSA) is 84.0 Å². The van der Waals surface area contributed by atoms with Gasteiger partial charge in [-0.25, -0.2) is 0 Å². The summed E-state index contributed by atoms with van der Waals surface area (Å²) in [6.07, 6.45) is -5.78. The van der Waals surface area contributed by atoms with Crippen LogP contribution in [-0.4, -0.2) is 21.7 Å². The van der Waals surface area contributed by atoms with E-state index in [1.165, 1.54) is 30.5 Å². The third kappa shape index (κ3) is 6.42. The fourth-order valence-corrected chi connectivity index (χ4v) is 3.94. The number of hydrogen-bond acceptors (Lipinski definition) is 5. The summed E-state index contributed by atoms with van der Waals surface area (Å²) in [5.41, 5.74) is -2.76. The van der Waals surface area contributed by atoms with E-state index in [0.29, 0.717) is 30.8 Å². The van der Waals surface area contributed by atoms with Crippen molar-refractivity contribution in [1.82, 2.24) is 15.3 Å². The number of amides is 1. The first-order valence-electron chi connectivity index (χ1n) is 11.2. The fourth-order valence-electron chi connectivity index (χ4n) is 3.77. The molecular weight excluding hydrogens is 538 g/mol. The molecule has 0 saturated heterocycles. The lowest BCUT2D eigenvalue weighted by molar-refractivity contribution is -0.138. The number of hydrogen-bond donors (Lipinski definition) is 2. The number of carbonyl (C=O) groups excluding carboxylic acids is 2. The average molecular weight is 557 g/mol. The van der Waals surface area contributed by atoms with Gasteiger partial charge in [0.1, 0.15) is 0 Å². The van der Waals surface area contributed by atoms with Crippen LogP contribution in [0, 0.1) is 5.41 Å². The number of rotatable bonds is 8. The van der Waals surface area contributed by atoms with Crippen molar-refractivity contribution >= 4 is 34.7 Å². The van der Waals surface area contributed by atoms with Crippen LogP contribution in [0.3, 0.4) is 0 Å². The van der Waals surface area contributed by atoms with Crippen molar-refractivity contribution in [1.29, 1.82) is 0 Å². The molecule has 3 aromatic rings. The van der Waals surface area contributed by atoms with Gasteiger partial charge >= 0.3 is 12.4 Å². The van der Waals surface area contributed by atoms with E-state index in [1.54, 1.807) is 0 Å². The Bertz CT molecular complexity index is 1360. The number of halogens is 7. The molecule has 6 nitrogen and oxygen atoms in total. The van der Waals surface area contributed by atoms with Crippen molar-refractivity contribution in [3.05, 3.63) is 82.4 Å². The van der Waals surface area contributed by atoms with Crippen LogP contribution in [0.5, 0.6) is 0 Å². The molecular formula is C25H19ClF6N4O2. The fraction of sp³-hybridized carbons (Fsp3) is 0.280. The summed E-state index contributed by atoms with van der Waals surface area (Å²) in [5, 5.41) is 5.25. The van der Waals surface area contributed by atoms with Crippen LogP contribution in [0.15, 0.2) is 55.0 Å². The molecule has 1 saturated carbocycles. The third-order valence-corrected chi connectivity index (χ3v) is 6.28. The highest BCUT2D eigenvalue weighted by atomic mass is 35.5. The van der Waals surface area contributed by atoms with E-state index in [0.717, 1.165) is 12.3 Å². The van der Waals surface area contributed by atoms with Crippen LogP contribution >= 0.6 is 11.6 Å². The standard InChI is InChI=1S/C25H19ClF6N4O2/c26-16-1-4-20(19(8-16)25(30,31)32)36-18-3-2-17(34-13-18)12-35-22(38)23(5-6-23)9-21(37)14-7-15(11-33-10-14)24(27,28)29/h1-4,7-8,10-11,13,36H,5-6,9,12H2,(H,35,38). The van der Waals surface area contributed by atoms with E-state index in [4.69, 9.17) is 11.6 Å². The molecule has 0 bridgehead atoms. The summed E-state index contributed by atoms with van der Waals surface area (Å²) in [6.45, 7) is -0.0189. The normalized spacial score (nSPS) is 14.6. The van der Waals surface area contributed by atoms with E-state index in [9.17, 15) is 35.9 Å². The van der Waals surface area contributed by atoms with Crippen LogP contribution in [0.1, 0.15) is 46.4 Å². The van der Waals surface area contributed by atoms with Crippen molar-refractivity contribution in [2.24, 2.45) is 5.41 Å². The van der Waals surface area contributed by atoms with Gasteiger partial charge in [-0.1, -0.05) is 11.6 Å². The zero-order valence-corrected chi connectivity index (χ0v) is 20.1. The van der Waals surface area contributed by atoms with Gasteiger partial charge in [-0.3, -0.25) is 19.6 Å². The molecule has 0 atom stereocenters. The number of anilines is 2. The van der Waals surface area contributed by atoms with Crippen LogP contribution in [0.4, 0.5) is 37.7 Å². The summed E-state index contributed by atoms with van der Waals surface area (Å²) in [6, 6.07) is 7.03. The second kappa shape index (κ2) is 10.2. The first-order chi connectivity index (χ1) is 17.8. The van der Waals surface area contributed by atoms with E-state index < -0.39 is 40.6 Å². The highest BCUT2D eigenvalue weighted by molar-refractivity contribution is 6.30. The molecule has 1 aromatic carbocycles. The number of benzene rings is 1. The van der Waals surface area contributed by atoms with Crippen molar-refractivity contribution in [2.75, 3.05) is 5.32 Å². The Kier molecular flexibility index (Phi) is 7.37. The van der Waals surface area contributed by atoms with Crippen LogP contribution < -0.4 is 10.6 Å². The Hall–Kier alpha value is -3.67. The maximum Gasteiger partial charge on any atom is 0.418 e. The maximum absolute atomic E-state index is 13.3. The molecule has 4 rings (SSSR count). The SMILES string of the molecule is O=C(CC1(C(=O)NCc2ccc(Nc3ccc(Cl)cc3C(F)(F)F)cn2)CC1)c1cncc(C(F)(F)F)c1. The number of Topliss-reactive ketones (excluding diaryl/α,β-unsaturated/α-hetero) is 1. The number of aromatic nitrogens is 2. The molecule has 0 radical (unpaired) electrons. The zero-order valence-electron chi connectivity index (χ0n) is 19.4. The first kappa shape index (κ1) is 27.4. The van der Waals surface area contributed by atoms with Gasteiger partial charge in [0.2, 0.25) is 5.91 Å². The highest BCUT2D eigenvalue weighted by Gasteiger charge is 2.51. The molecule has 1 aliphatic rings. The Morgan fingerprint density at radius 2 is 1.68 bits per heavy atom. The minimum atomic E-state index is -4.65. The molecule has 1 fully saturated rings. The summed E-state index contributed by atoms with van der Waals surface area (Å²) in [5.74, 6) is -1.06. The quantitative estimate of drug-likeness (QED) is 0.242. The van der Waals surface area contributed by atoms with Crippen LogP contribution in [0.2, 0.25) is 5.02 Å². The number of ketones is 1. The zero-order chi connectivity index (χ0) is 27.7. The Labute approximate surface area is 217 Å². The van der Waals surface area contributed by atoms with Gasteiger partial charge < -0.3 is 10.6 Å². The lowest BCUT2D eigenvalue weighted by atomic mass is 9.95. The average Bonchev–Trinajstić information content (AvgIpc) is 3.64. The summed E-state index contributed by atoms with van der Waals surface area (Å²) < 4.78 is 78.6. The van der Waals surface area contributed by atoms with Gasteiger partial charge in [0.15, 0.2) is 5.78 Å². The number of carbonyl (C=O) groups is 2. The van der Waals surface area contributed by atoms with Crippen molar-refractivity contribution in [3.8, 4) is 0 Å². The molecule has 0 spiro atoms. The Balaban J connectivity index is 1.35. The van der Waals surface area contributed by atoms with Crippen molar-refractivity contribution < 1.29 is 35.9 Å².